The van der Waals surface area contributed by atoms with Crippen LogP contribution >= 0.6 is 0 Å². The molecule has 186 valence electrons. The highest BCUT2D eigenvalue weighted by atomic mass is 32.2. The van der Waals surface area contributed by atoms with Crippen LogP contribution in [0.25, 0.3) is 10.9 Å². The third-order valence-electron chi connectivity index (χ3n) is 6.07. The third-order valence-corrected chi connectivity index (χ3v) is 7.41. The van der Waals surface area contributed by atoms with Crippen molar-refractivity contribution in [3.8, 4) is 11.5 Å². The van der Waals surface area contributed by atoms with Gasteiger partial charge in [0.2, 0.25) is 0 Å². The molecule has 5 aromatic rings. The number of anilines is 2. The van der Waals surface area contributed by atoms with Crippen molar-refractivity contribution in [2.24, 2.45) is 0 Å². The molecule has 0 N–H and O–H groups in total. The van der Waals surface area contributed by atoms with E-state index in [1.54, 1.807) is 7.11 Å². The van der Waals surface area contributed by atoms with Crippen LogP contribution in [0.15, 0.2) is 120 Å². The summed E-state index contributed by atoms with van der Waals surface area (Å²) in [7, 11) is 0.590. The second kappa shape index (κ2) is 11.7. The first-order valence-electron chi connectivity index (χ1n) is 12.1. The Balaban J connectivity index is 1.40. The Morgan fingerprint density at radius 3 is 2.24 bits per heavy atom. The zero-order chi connectivity index (χ0) is 25.5. The van der Waals surface area contributed by atoms with Gasteiger partial charge in [-0.3, -0.25) is 4.21 Å². The predicted octanol–water partition coefficient (Wildman–Crippen LogP) is 6.77. The van der Waals surface area contributed by atoms with Crippen LogP contribution in [0.1, 0.15) is 5.56 Å². The molecule has 0 saturated heterocycles. The molecule has 0 aliphatic rings. The van der Waals surface area contributed by atoms with E-state index >= 15 is 0 Å². The normalized spacial score (nSPS) is 11.7. The molecule has 0 radical (unpaired) electrons. The summed E-state index contributed by atoms with van der Waals surface area (Å²) in [6.07, 6.45) is 0. The number of benzene rings is 4. The Morgan fingerprint density at radius 1 is 0.757 bits per heavy atom. The maximum Gasteiger partial charge on any atom is 0.134 e. The number of nitrogens with zero attached hydrogens (tertiary/aromatic N) is 2. The van der Waals surface area contributed by atoms with Crippen LogP contribution in [-0.4, -0.2) is 28.7 Å². The first-order valence-corrected chi connectivity index (χ1v) is 13.5. The zero-order valence-electron chi connectivity index (χ0n) is 20.6. The fourth-order valence-electron chi connectivity index (χ4n) is 4.23. The maximum absolute atomic E-state index is 12.6. The number of fused-ring (bicyclic) bond motifs is 1. The summed E-state index contributed by atoms with van der Waals surface area (Å²) in [5.41, 5.74) is 2.94. The highest BCUT2D eigenvalue weighted by Crippen LogP contribution is 2.32. The number of methoxy groups -OCH3 is 1. The van der Waals surface area contributed by atoms with E-state index in [4.69, 9.17) is 14.5 Å². The number of pyridine rings is 1. The van der Waals surface area contributed by atoms with E-state index in [1.807, 2.05) is 97.1 Å². The monoisotopic (exact) mass is 508 g/mol. The average Bonchev–Trinajstić information content (AvgIpc) is 2.96. The van der Waals surface area contributed by atoms with Crippen molar-refractivity contribution in [2.45, 2.75) is 11.4 Å². The quantitative estimate of drug-likeness (QED) is 0.208. The summed E-state index contributed by atoms with van der Waals surface area (Å²) in [5, 5.41) is 0.919. The molecule has 0 aliphatic carbocycles. The van der Waals surface area contributed by atoms with Crippen molar-refractivity contribution in [2.75, 3.05) is 24.4 Å². The van der Waals surface area contributed by atoms with Gasteiger partial charge in [0.25, 0.3) is 0 Å². The zero-order valence-corrected chi connectivity index (χ0v) is 21.4. The summed E-state index contributed by atoms with van der Waals surface area (Å²) in [6.45, 7) is 0.959. The minimum Gasteiger partial charge on any atom is -0.496 e. The maximum atomic E-state index is 12.6. The van der Waals surface area contributed by atoms with Crippen molar-refractivity contribution < 1.29 is 13.7 Å². The molecule has 0 fully saturated rings. The molecule has 0 aliphatic heterocycles. The molecular weight excluding hydrogens is 480 g/mol. The van der Waals surface area contributed by atoms with Gasteiger partial charge in [-0.15, -0.1) is 0 Å². The predicted molar refractivity (Wildman–Crippen MR) is 150 cm³/mol. The Labute approximate surface area is 219 Å². The molecular formula is C31H28N2O3S. The highest BCUT2D eigenvalue weighted by molar-refractivity contribution is 7.85. The second-order valence-electron chi connectivity index (χ2n) is 8.44. The molecule has 1 atom stereocenters. The SMILES string of the molecule is COc1ccccc1CN(c1ccccc1)c1ccc2c(OCCS(=O)c3ccccc3)cccc2n1. The topological polar surface area (TPSA) is 51.7 Å². The van der Waals surface area contributed by atoms with E-state index < -0.39 is 10.8 Å². The Morgan fingerprint density at radius 2 is 1.46 bits per heavy atom. The van der Waals surface area contributed by atoms with Crippen LogP contribution in [-0.2, 0) is 17.3 Å². The summed E-state index contributed by atoms with van der Waals surface area (Å²) in [4.78, 5) is 7.99. The first-order chi connectivity index (χ1) is 18.2. The van der Waals surface area contributed by atoms with Crippen LogP contribution < -0.4 is 14.4 Å². The van der Waals surface area contributed by atoms with E-state index in [2.05, 4.69) is 23.1 Å². The van der Waals surface area contributed by atoms with Gasteiger partial charge in [0, 0.05) is 21.5 Å². The standard InChI is InChI=1S/C31H28N2O3S/c1-35-29-17-9-8-11-24(29)23-33(25-12-4-2-5-13-25)31-20-19-27-28(32-31)16-10-18-30(27)36-21-22-37(34)26-14-6-3-7-15-26/h2-20H,21-23H2,1H3. The number of para-hydroxylation sites is 2. The number of hydrogen-bond donors (Lipinski definition) is 0. The lowest BCUT2D eigenvalue weighted by molar-refractivity contribution is 0.346. The molecule has 0 spiro atoms. The van der Waals surface area contributed by atoms with Gasteiger partial charge in [0.05, 0.1) is 35.7 Å². The van der Waals surface area contributed by atoms with Gasteiger partial charge >= 0.3 is 0 Å². The van der Waals surface area contributed by atoms with E-state index in [1.165, 1.54) is 0 Å². The number of hydrogen-bond acceptors (Lipinski definition) is 5. The lowest BCUT2D eigenvalue weighted by atomic mass is 10.1. The van der Waals surface area contributed by atoms with Crippen LogP contribution in [0, 0.1) is 0 Å². The van der Waals surface area contributed by atoms with Crippen LogP contribution in [0.5, 0.6) is 11.5 Å². The molecule has 37 heavy (non-hydrogen) atoms. The number of ether oxygens (including phenoxy) is 2. The number of aromatic nitrogens is 1. The lowest BCUT2D eigenvalue weighted by Crippen LogP contribution is -2.18. The van der Waals surface area contributed by atoms with Gasteiger partial charge in [-0.2, -0.15) is 0 Å². The summed E-state index contributed by atoms with van der Waals surface area (Å²) < 4.78 is 24.2. The summed E-state index contributed by atoms with van der Waals surface area (Å²) >= 11 is 0. The van der Waals surface area contributed by atoms with Gasteiger partial charge in [0.1, 0.15) is 23.9 Å². The third kappa shape index (κ3) is 5.81. The first kappa shape index (κ1) is 24.5. The molecule has 1 heterocycles. The summed E-state index contributed by atoms with van der Waals surface area (Å²) in [5.74, 6) is 2.82. The van der Waals surface area contributed by atoms with Crippen molar-refractivity contribution >= 4 is 33.2 Å². The largest absolute Gasteiger partial charge is 0.496 e. The van der Waals surface area contributed by atoms with E-state index in [0.717, 1.165) is 44.4 Å². The molecule has 0 amide bonds. The van der Waals surface area contributed by atoms with E-state index in [9.17, 15) is 4.21 Å². The molecule has 1 aromatic heterocycles. The van der Waals surface area contributed by atoms with Gasteiger partial charge in [-0.1, -0.05) is 60.7 Å². The minimum atomic E-state index is -1.10. The van der Waals surface area contributed by atoms with Gasteiger partial charge in [-0.25, -0.2) is 4.98 Å². The molecule has 4 aromatic carbocycles. The van der Waals surface area contributed by atoms with Gasteiger partial charge < -0.3 is 14.4 Å². The van der Waals surface area contributed by atoms with Gasteiger partial charge in [-0.05, 0) is 54.6 Å². The van der Waals surface area contributed by atoms with Crippen LogP contribution in [0.2, 0.25) is 0 Å². The fraction of sp³-hybridized carbons (Fsp3) is 0.129. The average molecular weight is 509 g/mol. The molecule has 1 unspecified atom stereocenters. The van der Waals surface area contributed by atoms with Crippen molar-refractivity contribution in [1.29, 1.82) is 0 Å². The number of rotatable bonds is 10. The smallest absolute Gasteiger partial charge is 0.134 e. The van der Waals surface area contributed by atoms with Crippen molar-refractivity contribution in [1.82, 2.24) is 4.98 Å². The summed E-state index contributed by atoms with van der Waals surface area (Å²) in [6, 6.07) is 37.6. The molecule has 0 saturated carbocycles. The van der Waals surface area contributed by atoms with Gasteiger partial charge in [0.15, 0.2) is 0 Å². The van der Waals surface area contributed by atoms with Crippen LogP contribution in [0.4, 0.5) is 11.5 Å². The second-order valence-corrected chi connectivity index (χ2v) is 10.0. The van der Waals surface area contributed by atoms with Crippen molar-refractivity contribution in [3.05, 3.63) is 121 Å². The molecule has 5 rings (SSSR count). The Hall–Kier alpha value is -4.16. The molecule has 6 heteroatoms. The molecule has 0 bridgehead atoms. The van der Waals surface area contributed by atoms with Crippen molar-refractivity contribution in [3.63, 3.8) is 0 Å². The van der Waals surface area contributed by atoms with E-state index in [-0.39, 0.29) is 0 Å². The highest BCUT2D eigenvalue weighted by Gasteiger charge is 2.15. The minimum absolute atomic E-state index is 0.353. The fourth-order valence-corrected chi connectivity index (χ4v) is 5.16. The molecule has 5 nitrogen and oxygen atoms in total. The van der Waals surface area contributed by atoms with Crippen LogP contribution in [0.3, 0.4) is 0 Å². The Kier molecular flexibility index (Phi) is 7.77. The van der Waals surface area contributed by atoms with E-state index in [0.29, 0.717) is 18.9 Å². The Bertz CT molecular complexity index is 1490. The lowest BCUT2D eigenvalue weighted by Gasteiger charge is -2.25.